The third-order valence-corrected chi connectivity index (χ3v) is 7.55. The maximum atomic E-state index is 13.8. The van der Waals surface area contributed by atoms with Gasteiger partial charge in [-0.3, -0.25) is 9.59 Å². The van der Waals surface area contributed by atoms with Crippen LogP contribution in [0.5, 0.6) is 5.75 Å². The number of fused-ring (bicyclic) bond motifs is 3. The highest BCUT2D eigenvalue weighted by Gasteiger charge is 2.46. The van der Waals surface area contributed by atoms with E-state index < -0.39 is 11.4 Å². The lowest BCUT2D eigenvalue weighted by atomic mass is 9.95. The molecule has 1 aromatic heterocycles. The fourth-order valence-corrected chi connectivity index (χ4v) is 5.50. The molecule has 0 bridgehead atoms. The van der Waals surface area contributed by atoms with Crippen LogP contribution in [0.2, 0.25) is 0 Å². The summed E-state index contributed by atoms with van der Waals surface area (Å²) in [6, 6.07) is 10.0. The van der Waals surface area contributed by atoms with E-state index in [1.807, 2.05) is 16.7 Å². The Bertz CT molecular complexity index is 1320. The number of primary amides is 1. The van der Waals surface area contributed by atoms with Gasteiger partial charge in [-0.25, -0.2) is 9.37 Å². The van der Waals surface area contributed by atoms with Crippen LogP contribution in [-0.2, 0) is 17.8 Å². The lowest BCUT2D eigenvalue weighted by Gasteiger charge is -2.32. The van der Waals surface area contributed by atoms with E-state index in [1.54, 1.807) is 31.1 Å². The lowest BCUT2D eigenvalue weighted by Crippen LogP contribution is -2.54. The molecule has 0 aliphatic carbocycles. The first kappa shape index (κ1) is 22.6. The third kappa shape index (κ3) is 3.41. The number of benzene rings is 2. The third-order valence-electron chi connectivity index (χ3n) is 6.93. The molecule has 1 fully saturated rings. The SMILES string of the molecule is COc1cc2c(cc1Br)-c1c(-c3ccc(F)cc3)nc(C(=O)N3CCC[C@]3(C)C(N)=O)n1CC2. The molecule has 3 heterocycles. The Morgan fingerprint density at radius 2 is 1.94 bits per heavy atom. The zero-order valence-corrected chi connectivity index (χ0v) is 20.5. The van der Waals surface area contributed by atoms with Crippen LogP contribution >= 0.6 is 15.9 Å². The first-order valence-corrected chi connectivity index (χ1v) is 11.9. The molecule has 1 atom stereocenters. The first-order chi connectivity index (χ1) is 16.2. The van der Waals surface area contributed by atoms with Crippen LogP contribution in [0.1, 0.15) is 35.9 Å². The van der Waals surface area contributed by atoms with Crippen molar-refractivity contribution in [2.45, 2.75) is 38.3 Å². The van der Waals surface area contributed by atoms with E-state index >= 15 is 0 Å². The van der Waals surface area contributed by atoms with Gasteiger partial charge in [0.25, 0.3) is 5.91 Å². The average molecular weight is 527 g/mol. The minimum Gasteiger partial charge on any atom is -0.496 e. The van der Waals surface area contributed by atoms with Gasteiger partial charge in [-0.05, 0) is 84.1 Å². The molecule has 2 N–H and O–H groups in total. The van der Waals surface area contributed by atoms with Gasteiger partial charge in [0.2, 0.25) is 5.91 Å². The number of nitrogens with zero attached hydrogens (tertiary/aromatic N) is 3. The van der Waals surface area contributed by atoms with Gasteiger partial charge in [0.05, 0.1) is 23.0 Å². The molecule has 0 saturated carbocycles. The zero-order chi connectivity index (χ0) is 24.2. The second-order valence-electron chi connectivity index (χ2n) is 8.88. The Morgan fingerprint density at radius 3 is 2.62 bits per heavy atom. The molecule has 2 aromatic carbocycles. The average Bonchev–Trinajstić information content (AvgIpc) is 3.41. The predicted octanol–water partition coefficient (Wildman–Crippen LogP) is 4.16. The van der Waals surface area contributed by atoms with Crippen LogP contribution in [0, 0.1) is 5.82 Å². The van der Waals surface area contributed by atoms with E-state index in [2.05, 4.69) is 15.9 Å². The molecule has 0 radical (unpaired) electrons. The molecule has 2 amide bonds. The number of carbonyl (C=O) groups excluding carboxylic acids is 2. The van der Waals surface area contributed by atoms with Crippen molar-refractivity contribution in [3.05, 3.63) is 58.1 Å². The van der Waals surface area contributed by atoms with Crippen molar-refractivity contribution in [2.75, 3.05) is 13.7 Å². The summed E-state index contributed by atoms with van der Waals surface area (Å²) in [5, 5.41) is 0. The maximum absolute atomic E-state index is 13.8. The van der Waals surface area contributed by atoms with Crippen molar-refractivity contribution in [3.8, 4) is 28.3 Å². The van der Waals surface area contributed by atoms with Gasteiger partial charge in [0, 0.05) is 24.2 Å². The van der Waals surface area contributed by atoms with Crippen molar-refractivity contribution >= 4 is 27.7 Å². The molecule has 7 nitrogen and oxygen atoms in total. The number of amides is 2. The lowest BCUT2D eigenvalue weighted by molar-refractivity contribution is -0.126. The molecule has 176 valence electrons. The maximum Gasteiger partial charge on any atom is 0.290 e. The molecule has 5 rings (SSSR count). The van der Waals surface area contributed by atoms with Crippen LogP contribution in [0.3, 0.4) is 0 Å². The van der Waals surface area contributed by atoms with Crippen LogP contribution in [0.25, 0.3) is 22.5 Å². The van der Waals surface area contributed by atoms with Crippen LogP contribution in [0.4, 0.5) is 4.39 Å². The molecule has 0 unspecified atom stereocenters. The van der Waals surface area contributed by atoms with Crippen LogP contribution < -0.4 is 10.5 Å². The highest BCUT2D eigenvalue weighted by molar-refractivity contribution is 9.10. The summed E-state index contributed by atoms with van der Waals surface area (Å²) in [6.45, 7) is 2.68. The van der Waals surface area contributed by atoms with E-state index in [9.17, 15) is 14.0 Å². The van der Waals surface area contributed by atoms with Crippen molar-refractivity contribution in [2.24, 2.45) is 5.73 Å². The quantitative estimate of drug-likeness (QED) is 0.552. The second kappa shape index (κ2) is 8.23. The number of halogens is 2. The van der Waals surface area contributed by atoms with Crippen molar-refractivity contribution < 1.29 is 18.7 Å². The Balaban J connectivity index is 1.71. The van der Waals surface area contributed by atoms with E-state index in [0.717, 1.165) is 27.0 Å². The number of likely N-dealkylation sites (tertiary alicyclic amines) is 1. The molecule has 3 aromatic rings. The molecular weight excluding hydrogens is 503 g/mol. The molecule has 34 heavy (non-hydrogen) atoms. The largest absolute Gasteiger partial charge is 0.496 e. The fraction of sp³-hybridized carbons (Fsp3) is 0.320. The van der Waals surface area contributed by atoms with E-state index in [1.165, 1.54) is 12.1 Å². The van der Waals surface area contributed by atoms with E-state index in [0.29, 0.717) is 43.6 Å². The van der Waals surface area contributed by atoms with Gasteiger partial charge in [0.15, 0.2) is 5.82 Å². The minimum absolute atomic E-state index is 0.251. The standard InChI is InChI=1S/C25H24BrFN4O3/c1-25(24(28)33)9-3-10-31(25)23(32)22-29-20(14-4-6-16(27)7-5-14)21-17-13-18(26)19(34-2)12-15(17)8-11-30(21)22/h4-7,12-13H,3,8-11H2,1-2H3,(H2,28,33)/t25-/m1/s1. The summed E-state index contributed by atoms with van der Waals surface area (Å²) in [7, 11) is 1.62. The molecule has 2 aliphatic rings. The van der Waals surface area contributed by atoms with Crippen molar-refractivity contribution in [1.29, 1.82) is 0 Å². The second-order valence-corrected chi connectivity index (χ2v) is 9.74. The van der Waals surface area contributed by atoms with Crippen LogP contribution in [-0.4, -0.2) is 45.5 Å². The van der Waals surface area contributed by atoms with Crippen molar-refractivity contribution in [1.82, 2.24) is 14.5 Å². The number of rotatable bonds is 4. The molecule has 9 heteroatoms. The number of ether oxygens (including phenoxy) is 1. The van der Waals surface area contributed by atoms with Crippen LogP contribution in [0.15, 0.2) is 40.9 Å². The smallest absolute Gasteiger partial charge is 0.290 e. The summed E-state index contributed by atoms with van der Waals surface area (Å²) in [4.78, 5) is 32.3. The van der Waals surface area contributed by atoms with Gasteiger partial charge in [-0.15, -0.1) is 0 Å². The summed E-state index contributed by atoms with van der Waals surface area (Å²) in [6.07, 6.45) is 1.89. The zero-order valence-electron chi connectivity index (χ0n) is 18.9. The highest BCUT2D eigenvalue weighted by Crippen LogP contribution is 2.43. The molecule has 2 aliphatic heterocycles. The predicted molar refractivity (Wildman–Crippen MR) is 129 cm³/mol. The van der Waals surface area contributed by atoms with Gasteiger partial charge >= 0.3 is 0 Å². The Hall–Kier alpha value is -3.20. The van der Waals surface area contributed by atoms with E-state index in [-0.39, 0.29) is 17.5 Å². The monoisotopic (exact) mass is 526 g/mol. The molecular formula is C25H24BrFN4O3. The normalized spacial score (nSPS) is 19.0. The number of methoxy groups -OCH3 is 1. The number of aryl methyl sites for hydroxylation is 1. The minimum atomic E-state index is -1.05. The van der Waals surface area contributed by atoms with E-state index in [4.69, 9.17) is 15.5 Å². The summed E-state index contributed by atoms with van der Waals surface area (Å²) < 4.78 is 21.8. The molecule has 1 saturated heterocycles. The summed E-state index contributed by atoms with van der Waals surface area (Å²) in [5.74, 6) is -0.231. The van der Waals surface area contributed by atoms with Gasteiger partial charge in [-0.1, -0.05) is 0 Å². The number of hydrogen-bond acceptors (Lipinski definition) is 4. The number of carbonyl (C=O) groups is 2. The van der Waals surface area contributed by atoms with Crippen molar-refractivity contribution in [3.63, 3.8) is 0 Å². The summed E-state index contributed by atoms with van der Waals surface area (Å²) >= 11 is 3.57. The summed E-state index contributed by atoms with van der Waals surface area (Å²) in [5.41, 5.74) is 8.68. The Morgan fingerprint density at radius 1 is 1.21 bits per heavy atom. The topological polar surface area (TPSA) is 90.5 Å². The number of nitrogens with two attached hydrogens (primary N) is 1. The van der Waals surface area contributed by atoms with Gasteiger partial charge in [-0.2, -0.15) is 0 Å². The number of imidazole rings is 1. The van der Waals surface area contributed by atoms with Gasteiger partial charge < -0.3 is 19.9 Å². The fourth-order valence-electron chi connectivity index (χ4n) is 4.99. The Kier molecular flexibility index (Phi) is 5.47. The van der Waals surface area contributed by atoms with Gasteiger partial charge in [0.1, 0.15) is 17.1 Å². The number of hydrogen-bond donors (Lipinski definition) is 1. The first-order valence-electron chi connectivity index (χ1n) is 11.1. The Labute approximate surface area is 204 Å². The number of aromatic nitrogens is 2. The highest BCUT2D eigenvalue weighted by atomic mass is 79.9. The molecule has 0 spiro atoms.